The molecule has 0 radical (unpaired) electrons. The first-order valence-corrected chi connectivity index (χ1v) is 6.80. The molecule has 1 aliphatic rings. The number of halogens is 1. The summed E-state index contributed by atoms with van der Waals surface area (Å²) in [7, 11) is 3.70. The Bertz CT molecular complexity index is 464. The molecule has 0 saturated carbocycles. The number of rotatable bonds is 4. The third-order valence-electron chi connectivity index (χ3n) is 3.32. The van der Waals surface area contributed by atoms with Crippen molar-refractivity contribution in [3.05, 3.63) is 17.4 Å². The Morgan fingerprint density at radius 1 is 1.26 bits per heavy atom. The van der Waals surface area contributed by atoms with Gasteiger partial charge in [0, 0.05) is 14.1 Å². The fourth-order valence-corrected chi connectivity index (χ4v) is 2.15. The molecule has 1 heterocycles. The summed E-state index contributed by atoms with van der Waals surface area (Å²) in [4.78, 5) is 14.0. The SMILES string of the molecule is CC1CC=CCC1COc1nc(Cl)nc(N(C)C)n1. The molecule has 0 N–H and O–H groups in total. The van der Waals surface area contributed by atoms with Crippen LogP contribution in [0.2, 0.25) is 5.28 Å². The van der Waals surface area contributed by atoms with Crippen molar-refractivity contribution in [3.63, 3.8) is 0 Å². The molecular weight excluding hydrogens is 264 g/mol. The third-order valence-corrected chi connectivity index (χ3v) is 3.49. The number of aromatic nitrogens is 3. The van der Waals surface area contributed by atoms with Crippen molar-refractivity contribution in [2.75, 3.05) is 25.6 Å². The largest absolute Gasteiger partial charge is 0.463 e. The van der Waals surface area contributed by atoms with Gasteiger partial charge in [0.2, 0.25) is 11.2 Å². The van der Waals surface area contributed by atoms with Crippen LogP contribution in [-0.2, 0) is 0 Å². The Kier molecular flexibility index (Phi) is 4.58. The molecule has 0 aromatic carbocycles. The topological polar surface area (TPSA) is 51.1 Å². The maximum absolute atomic E-state index is 5.86. The van der Waals surface area contributed by atoms with Gasteiger partial charge >= 0.3 is 6.01 Å². The summed E-state index contributed by atoms with van der Waals surface area (Å²) in [5, 5.41) is 0.158. The molecule has 104 valence electrons. The van der Waals surface area contributed by atoms with Gasteiger partial charge in [0.1, 0.15) is 0 Å². The molecule has 5 nitrogen and oxygen atoms in total. The highest BCUT2D eigenvalue weighted by Crippen LogP contribution is 2.25. The van der Waals surface area contributed by atoms with E-state index in [0.717, 1.165) is 12.8 Å². The minimum absolute atomic E-state index is 0.158. The fraction of sp³-hybridized carbons (Fsp3) is 0.615. The minimum Gasteiger partial charge on any atom is -0.463 e. The van der Waals surface area contributed by atoms with Crippen molar-refractivity contribution < 1.29 is 4.74 Å². The molecule has 0 fully saturated rings. The van der Waals surface area contributed by atoms with E-state index >= 15 is 0 Å². The van der Waals surface area contributed by atoms with Gasteiger partial charge in [-0.05, 0) is 36.3 Å². The first-order chi connectivity index (χ1) is 9.06. The molecular formula is C13H19ClN4O. The van der Waals surface area contributed by atoms with Crippen molar-refractivity contribution in [2.24, 2.45) is 11.8 Å². The van der Waals surface area contributed by atoms with Crippen LogP contribution >= 0.6 is 11.6 Å². The standard InChI is InChI=1S/C13H19ClN4O/c1-9-6-4-5-7-10(9)8-19-13-16-11(14)15-12(17-13)18(2)3/h4-5,9-10H,6-8H2,1-3H3. The molecule has 0 spiro atoms. The second-order valence-corrected chi connectivity index (χ2v) is 5.41. The van der Waals surface area contributed by atoms with Gasteiger partial charge in [0.25, 0.3) is 0 Å². The zero-order valence-corrected chi connectivity index (χ0v) is 12.3. The van der Waals surface area contributed by atoms with Crippen molar-refractivity contribution in [3.8, 4) is 6.01 Å². The van der Waals surface area contributed by atoms with E-state index in [0.29, 0.717) is 30.4 Å². The molecule has 1 aromatic rings. The summed E-state index contributed by atoms with van der Waals surface area (Å²) in [5.41, 5.74) is 0. The highest BCUT2D eigenvalue weighted by atomic mass is 35.5. The van der Waals surface area contributed by atoms with E-state index in [1.165, 1.54) is 0 Å². The summed E-state index contributed by atoms with van der Waals surface area (Å²) < 4.78 is 5.68. The minimum atomic E-state index is 0.158. The van der Waals surface area contributed by atoms with Crippen LogP contribution in [0.25, 0.3) is 0 Å². The molecule has 2 unspecified atom stereocenters. The number of nitrogens with zero attached hydrogens (tertiary/aromatic N) is 4. The van der Waals surface area contributed by atoms with E-state index in [1.54, 1.807) is 4.90 Å². The van der Waals surface area contributed by atoms with Gasteiger partial charge in [-0.1, -0.05) is 19.1 Å². The summed E-state index contributed by atoms with van der Waals surface area (Å²) in [6, 6.07) is 0.297. The average molecular weight is 283 g/mol. The lowest BCUT2D eigenvalue weighted by atomic mass is 9.85. The molecule has 2 rings (SSSR count). The van der Waals surface area contributed by atoms with Gasteiger partial charge < -0.3 is 9.64 Å². The first-order valence-electron chi connectivity index (χ1n) is 6.43. The summed E-state index contributed by atoms with van der Waals surface area (Å²) in [6.45, 7) is 2.85. The normalized spacial score (nSPS) is 22.3. The van der Waals surface area contributed by atoms with Gasteiger partial charge in [-0.2, -0.15) is 15.0 Å². The molecule has 0 saturated heterocycles. The maximum atomic E-state index is 5.86. The molecule has 6 heteroatoms. The monoisotopic (exact) mass is 282 g/mol. The van der Waals surface area contributed by atoms with E-state index in [2.05, 4.69) is 34.0 Å². The highest BCUT2D eigenvalue weighted by Gasteiger charge is 2.19. The van der Waals surface area contributed by atoms with Gasteiger partial charge in [0.05, 0.1) is 6.61 Å². The van der Waals surface area contributed by atoms with Crippen molar-refractivity contribution >= 4 is 17.5 Å². The zero-order chi connectivity index (χ0) is 13.8. The molecule has 2 atom stereocenters. The van der Waals surface area contributed by atoms with Crippen LogP contribution in [0, 0.1) is 11.8 Å². The lowest BCUT2D eigenvalue weighted by Crippen LogP contribution is -2.22. The van der Waals surface area contributed by atoms with Gasteiger partial charge in [0.15, 0.2) is 0 Å². The predicted octanol–water partition coefficient (Wildman–Crippen LogP) is 2.57. The van der Waals surface area contributed by atoms with E-state index in [9.17, 15) is 0 Å². The number of hydrogen-bond acceptors (Lipinski definition) is 5. The van der Waals surface area contributed by atoms with Gasteiger partial charge in [-0.3, -0.25) is 0 Å². The lowest BCUT2D eigenvalue weighted by Gasteiger charge is -2.24. The molecule has 1 aliphatic carbocycles. The van der Waals surface area contributed by atoms with Gasteiger partial charge in [-0.15, -0.1) is 0 Å². The second-order valence-electron chi connectivity index (χ2n) is 5.07. The van der Waals surface area contributed by atoms with E-state index in [-0.39, 0.29) is 5.28 Å². The maximum Gasteiger partial charge on any atom is 0.322 e. The van der Waals surface area contributed by atoms with E-state index < -0.39 is 0 Å². The Morgan fingerprint density at radius 2 is 2.00 bits per heavy atom. The third kappa shape index (κ3) is 3.80. The van der Waals surface area contributed by atoms with E-state index in [4.69, 9.17) is 16.3 Å². The molecule has 0 bridgehead atoms. The summed E-state index contributed by atoms with van der Waals surface area (Å²) in [5.74, 6) is 1.63. The fourth-order valence-electron chi connectivity index (χ4n) is 2.01. The van der Waals surface area contributed by atoms with Crippen LogP contribution in [0.3, 0.4) is 0 Å². The Hall–Kier alpha value is -1.36. The number of ether oxygens (including phenoxy) is 1. The van der Waals surface area contributed by atoms with Crippen LogP contribution in [0.15, 0.2) is 12.2 Å². The van der Waals surface area contributed by atoms with Crippen molar-refractivity contribution in [2.45, 2.75) is 19.8 Å². The van der Waals surface area contributed by atoms with Crippen LogP contribution in [0.4, 0.5) is 5.95 Å². The number of allylic oxidation sites excluding steroid dienone is 2. The second kappa shape index (κ2) is 6.19. The van der Waals surface area contributed by atoms with Crippen molar-refractivity contribution in [1.29, 1.82) is 0 Å². The highest BCUT2D eigenvalue weighted by molar-refractivity contribution is 6.28. The van der Waals surface area contributed by atoms with E-state index in [1.807, 2.05) is 14.1 Å². The zero-order valence-electron chi connectivity index (χ0n) is 11.5. The van der Waals surface area contributed by atoms with Crippen LogP contribution in [0.1, 0.15) is 19.8 Å². The summed E-state index contributed by atoms with van der Waals surface area (Å²) in [6.07, 6.45) is 6.58. The Labute approximate surface area is 118 Å². The Morgan fingerprint density at radius 3 is 2.68 bits per heavy atom. The quantitative estimate of drug-likeness (QED) is 0.795. The van der Waals surface area contributed by atoms with Crippen LogP contribution in [0.5, 0.6) is 6.01 Å². The average Bonchev–Trinajstić information content (AvgIpc) is 2.37. The first kappa shape index (κ1) is 14.1. The smallest absolute Gasteiger partial charge is 0.322 e. The van der Waals surface area contributed by atoms with Crippen LogP contribution < -0.4 is 9.64 Å². The van der Waals surface area contributed by atoms with Gasteiger partial charge in [-0.25, -0.2) is 0 Å². The molecule has 1 aromatic heterocycles. The molecule has 0 amide bonds. The van der Waals surface area contributed by atoms with Crippen molar-refractivity contribution in [1.82, 2.24) is 15.0 Å². The predicted molar refractivity (Wildman–Crippen MR) is 75.7 cm³/mol. The molecule has 0 aliphatic heterocycles. The van der Waals surface area contributed by atoms with Crippen LogP contribution in [-0.4, -0.2) is 35.7 Å². The number of anilines is 1. The lowest BCUT2D eigenvalue weighted by molar-refractivity contribution is 0.186. The Balaban J connectivity index is 2.01. The summed E-state index contributed by atoms with van der Waals surface area (Å²) >= 11 is 5.86. The molecule has 19 heavy (non-hydrogen) atoms. The number of hydrogen-bond donors (Lipinski definition) is 0.